The van der Waals surface area contributed by atoms with Gasteiger partial charge in [-0.3, -0.25) is 4.79 Å². The molecular weight excluding hydrogens is 301 g/mol. The Kier molecular flexibility index (Phi) is 2.40. The molecule has 2 rings (SSSR count). The summed E-state index contributed by atoms with van der Waals surface area (Å²) < 4.78 is 2.68. The minimum absolute atomic E-state index is 0.473. The Morgan fingerprint density at radius 2 is 2.46 bits per heavy atom. The van der Waals surface area contributed by atoms with Crippen molar-refractivity contribution in [3.63, 3.8) is 0 Å². The molecule has 0 N–H and O–H groups in total. The zero-order valence-corrected chi connectivity index (χ0v) is 9.32. The zero-order valence-electron chi connectivity index (χ0n) is 6.35. The van der Waals surface area contributed by atoms with Gasteiger partial charge >= 0.3 is 0 Å². The second kappa shape index (κ2) is 3.54. The van der Waals surface area contributed by atoms with E-state index in [1.54, 1.807) is 16.3 Å². The second-order valence-corrected chi connectivity index (χ2v) is 4.40. The lowest BCUT2D eigenvalue weighted by molar-refractivity contribution is 0.112. The molecule has 0 aliphatic rings. The third-order valence-corrected chi connectivity index (χ3v) is 2.71. The Balaban J connectivity index is 2.40. The summed E-state index contributed by atoms with van der Waals surface area (Å²) >= 11 is 3.48. The van der Waals surface area contributed by atoms with Crippen molar-refractivity contribution in [1.29, 1.82) is 0 Å². The van der Waals surface area contributed by atoms with E-state index in [1.807, 2.05) is 6.20 Å². The lowest BCUT2D eigenvalue weighted by Gasteiger charge is -1.91. The average molecular weight is 305 g/mol. The SMILES string of the molecule is O=Cc1nc(-n2cc(I)cn2)cs1. The highest BCUT2D eigenvalue weighted by atomic mass is 127. The summed E-state index contributed by atoms with van der Waals surface area (Å²) in [6.45, 7) is 0. The summed E-state index contributed by atoms with van der Waals surface area (Å²) in [5.74, 6) is 0.690. The van der Waals surface area contributed by atoms with Crippen LogP contribution < -0.4 is 0 Å². The number of hydrogen-bond donors (Lipinski definition) is 0. The first-order valence-electron chi connectivity index (χ1n) is 3.41. The van der Waals surface area contributed by atoms with Crippen LogP contribution in [0.2, 0.25) is 0 Å². The van der Waals surface area contributed by atoms with Crippen molar-refractivity contribution in [1.82, 2.24) is 14.8 Å². The van der Waals surface area contributed by atoms with Crippen molar-refractivity contribution in [3.8, 4) is 5.82 Å². The Bertz CT molecular complexity index is 436. The summed E-state index contributed by atoms with van der Waals surface area (Å²) in [5.41, 5.74) is 0. The fourth-order valence-corrected chi connectivity index (χ4v) is 1.84. The topological polar surface area (TPSA) is 47.8 Å². The molecule has 2 aromatic rings. The number of thiazole rings is 1. The molecule has 2 heterocycles. The van der Waals surface area contributed by atoms with Gasteiger partial charge in [0, 0.05) is 11.6 Å². The Morgan fingerprint density at radius 3 is 3.00 bits per heavy atom. The van der Waals surface area contributed by atoms with E-state index in [0.717, 1.165) is 9.86 Å². The van der Waals surface area contributed by atoms with Gasteiger partial charge in [-0.1, -0.05) is 0 Å². The van der Waals surface area contributed by atoms with E-state index in [9.17, 15) is 4.79 Å². The first-order valence-corrected chi connectivity index (χ1v) is 5.36. The van der Waals surface area contributed by atoms with Crippen molar-refractivity contribution in [2.24, 2.45) is 0 Å². The lowest BCUT2D eigenvalue weighted by Crippen LogP contribution is -1.94. The largest absolute Gasteiger partial charge is 0.295 e. The maximum Gasteiger partial charge on any atom is 0.178 e. The van der Waals surface area contributed by atoms with Crippen LogP contribution in [0.15, 0.2) is 17.8 Å². The minimum atomic E-state index is 0.473. The highest BCUT2D eigenvalue weighted by molar-refractivity contribution is 14.1. The molecule has 0 aliphatic heterocycles. The number of halogens is 1. The predicted octanol–water partition coefficient (Wildman–Crippen LogP) is 1.75. The van der Waals surface area contributed by atoms with Gasteiger partial charge in [0.05, 0.1) is 9.77 Å². The van der Waals surface area contributed by atoms with E-state index in [0.29, 0.717) is 10.8 Å². The first kappa shape index (κ1) is 8.82. The van der Waals surface area contributed by atoms with Crippen LogP contribution in [-0.2, 0) is 0 Å². The maximum atomic E-state index is 10.4. The lowest BCUT2D eigenvalue weighted by atomic mass is 10.7. The van der Waals surface area contributed by atoms with Crippen molar-refractivity contribution < 1.29 is 4.79 Å². The molecule has 0 unspecified atom stereocenters. The minimum Gasteiger partial charge on any atom is -0.295 e. The molecule has 0 atom stereocenters. The molecule has 0 saturated carbocycles. The van der Waals surface area contributed by atoms with E-state index >= 15 is 0 Å². The van der Waals surface area contributed by atoms with Gasteiger partial charge in [-0.05, 0) is 22.6 Å². The molecule has 13 heavy (non-hydrogen) atoms. The molecule has 0 fully saturated rings. The number of carbonyl (C=O) groups excluding carboxylic acids is 1. The highest BCUT2D eigenvalue weighted by Gasteiger charge is 2.03. The molecule has 0 aliphatic carbocycles. The quantitative estimate of drug-likeness (QED) is 0.627. The van der Waals surface area contributed by atoms with E-state index in [-0.39, 0.29) is 0 Å². The Hall–Kier alpha value is -0.760. The number of hydrogen-bond acceptors (Lipinski definition) is 4. The third kappa shape index (κ3) is 1.78. The fourth-order valence-electron chi connectivity index (χ4n) is 0.864. The standard InChI is InChI=1S/C7H4IN3OS/c8-5-1-9-11(2-5)6-4-13-7(3-12)10-6/h1-4H. The molecule has 66 valence electrons. The van der Waals surface area contributed by atoms with Gasteiger partial charge in [-0.15, -0.1) is 11.3 Å². The van der Waals surface area contributed by atoms with Crippen LogP contribution in [0.25, 0.3) is 5.82 Å². The van der Waals surface area contributed by atoms with E-state index < -0.39 is 0 Å². The van der Waals surface area contributed by atoms with Gasteiger partial charge in [-0.25, -0.2) is 9.67 Å². The van der Waals surface area contributed by atoms with Crippen LogP contribution in [0.5, 0.6) is 0 Å². The summed E-state index contributed by atoms with van der Waals surface area (Å²) in [4.78, 5) is 14.4. The Labute approximate surface area is 91.7 Å². The van der Waals surface area contributed by atoms with Gasteiger partial charge < -0.3 is 0 Å². The number of carbonyl (C=O) groups is 1. The predicted molar refractivity (Wildman–Crippen MR) is 57.3 cm³/mol. The second-order valence-electron chi connectivity index (χ2n) is 2.26. The first-order chi connectivity index (χ1) is 6.29. The average Bonchev–Trinajstić information content (AvgIpc) is 2.71. The van der Waals surface area contributed by atoms with Crippen LogP contribution in [0.4, 0.5) is 0 Å². The van der Waals surface area contributed by atoms with E-state index in [2.05, 4.69) is 32.7 Å². The van der Waals surface area contributed by atoms with Crippen molar-refractivity contribution in [3.05, 3.63) is 26.4 Å². The normalized spacial score (nSPS) is 10.2. The van der Waals surface area contributed by atoms with Crippen LogP contribution in [0, 0.1) is 3.57 Å². The molecule has 0 saturated heterocycles. The molecule has 0 radical (unpaired) electrons. The number of rotatable bonds is 2. The highest BCUT2D eigenvalue weighted by Crippen LogP contribution is 2.12. The number of nitrogens with zero attached hydrogens (tertiary/aromatic N) is 3. The van der Waals surface area contributed by atoms with Crippen LogP contribution in [0.1, 0.15) is 9.80 Å². The third-order valence-electron chi connectivity index (χ3n) is 1.40. The summed E-state index contributed by atoms with van der Waals surface area (Å²) in [5, 5.41) is 6.34. The van der Waals surface area contributed by atoms with Crippen LogP contribution in [0.3, 0.4) is 0 Å². The van der Waals surface area contributed by atoms with Crippen LogP contribution in [-0.4, -0.2) is 21.1 Å². The van der Waals surface area contributed by atoms with E-state index in [4.69, 9.17) is 0 Å². The van der Waals surface area contributed by atoms with E-state index in [1.165, 1.54) is 11.3 Å². The van der Waals surface area contributed by atoms with Crippen molar-refractivity contribution in [2.45, 2.75) is 0 Å². The van der Waals surface area contributed by atoms with Gasteiger partial charge in [0.1, 0.15) is 0 Å². The van der Waals surface area contributed by atoms with Crippen molar-refractivity contribution >= 4 is 40.2 Å². The summed E-state index contributed by atoms with van der Waals surface area (Å²) in [6.07, 6.45) is 4.33. The smallest absolute Gasteiger partial charge is 0.178 e. The molecule has 2 aromatic heterocycles. The molecule has 0 amide bonds. The van der Waals surface area contributed by atoms with Crippen LogP contribution >= 0.6 is 33.9 Å². The number of aromatic nitrogens is 3. The molecule has 4 nitrogen and oxygen atoms in total. The molecule has 0 spiro atoms. The van der Waals surface area contributed by atoms with Gasteiger partial charge in [0.25, 0.3) is 0 Å². The summed E-state index contributed by atoms with van der Waals surface area (Å²) in [6, 6.07) is 0. The van der Waals surface area contributed by atoms with Gasteiger partial charge in [-0.2, -0.15) is 5.10 Å². The summed E-state index contributed by atoms with van der Waals surface area (Å²) in [7, 11) is 0. The maximum absolute atomic E-state index is 10.4. The van der Waals surface area contributed by atoms with Gasteiger partial charge in [0.2, 0.25) is 0 Å². The monoisotopic (exact) mass is 305 g/mol. The molecule has 0 bridgehead atoms. The number of aldehydes is 1. The Morgan fingerprint density at radius 1 is 1.62 bits per heavy atom. The van der Waals surface area contributed by atoms with Crippen molar-refractivity contribution in [2.75, 3.05) is 0 Å². The zero-order chi connectivity index (χ0) is 9.26. The molecular formula is C7H4IN3OS. The fraction of sp³-hybridized carbons (Fsp3) is 0. The molecule has 0 aromatic carbocycles. The molecule has 6 heteroatoms. The van der Waals surface area contributed by atoms with Gasteiger partial charge in [0.15, 0.2) is 17.1 Å².